The fourth-order valence-electron chi connectivity index (χ4n) is 1.86. The molecule has 0 fully saturated rings. The highest BCUT2D eigenvalue weighted by Gasteiger charge is 2.12. The number of nitrogens with zero attached hydrogens (tertiary/aromatic N) is 2. The molecule has 0 aromatic heterocycles. The molecule has 0 radical (unpaired) electrons. The number of ether oxygens (including phenoxy) is 1. The third kappa shape index (κ3) is 3.73. The Morgan fingerprint density at radius 3 is 2.78 bits per heavy atom. The van der Waals surface area contributed by atoms with Gasteiger partial charge in [-0.05, 0) is 25.5 Å². The zero-order chi connectivity index (χ0) is 13.5. The van der Waals surface area contributed by atoms with E-state index in [2.05, 4.69) is 6.07 Å². The average Bonchev–Trinajstić information content (AvgIpc) is 2.38. The summed E-state index contributed by atoms with van der Waals surface area (Å²) in [4.78, 5) is 2.04. The second kappa shape index (κ2) is 7.00. The lowest BCUT2D eigenvalue weighted by Gasteiger charge is -2.23. The van der Waals surface area contributed by atoms with Crippen LogP contribution >= 0.6 is 0 Å². The number of rotatable bonds is 6. The van der Waals surface area contributed by atoms with E-state index in [1.807, 2.05) is 24.1 Å². The van der Waals surface area contributed by atoms with Gasteiger partial charge in [0.2, 0.25) is 0 Å². The second-order valence-corrected chi connectivity index (χ2v) is 4.33. The van der Waals surface area contributed by atoms with Crippen LogP contribution in [-0.4, -0.2) is 32.4 Å². The van der Waals surface area contributed by atoms with Crippen molar-refractivity contribution in [2.24, 2.45) is 0 Å². The van der Waals surface area contributed by atoms with Gasteiger partial charge in [-0.2, -0.15) is 5.26 Å². The van der Waals surface area contributed by atoms with Crippen LogP contribution in [0.3, 0.4) is 0 Å². The van der Waals surface area contributed by atoms with Crippen LogP contribution in [0.4, 0.5) is 5.69 Å². The molecule has 4 nitrogen and oxygen atoms in total. The van der Waals surface area contributed by atoms with Crippen molar-refractivity contribution in [2.75, 3.05) is 32.2 Å². The molecular formula is C14H20N2O2. The summed E-state index contributed by atoms with van der Waals surface area (Å²) in [6, 6.07) is 7.48. The Kier molecular flexibility index (Phi) is 5.63. The highest BCUT2D eigenvalue weighted by molar-refractivity contribution is 5.58. The van der Waals surface area contributed by atoms with Crippen LogP contribution < -0.4 is 4.90 Å². The molecule has 98 valence electrons. The molecule has 0 aliphatic rings. The minimum atomic E-state index is -0.544. The van der Waals surface area contributed by atoms with Crippen molar-refractivity contribution in [1.82, 2.24) is 0 Å². The Balaban J connectivity index is 2.93. The van der Waals surface area contributed by atoms with Crippen molar-refractivity contribution >= 4 is 5.69 Å². The summed E-state index contributed by atoms with van der Waals surface area (Å²) in [6.45, 7) is 3.25. The minimum Gasteiger partial charge on any atom is -0.389 e. The van der Waals surface area contributed by atoms with Crippen LogP contribution in [0.2, 0.25) is 0 Å². The summed E-state index contributed by atoms with van der Waals surface area (Å²) < 4.78 is 5.02. The standard InChI is InChI=1S/C14H20N2O2/c1-11(17)13-6-5-12(10-15)9-14(13)16(2)7-4-8-18-3/h5-6,9,11,17H,4,7-8H2,1-3H3/t11-/m1/s1. The smallest absolute Gasteiger partial charge is 0.0992 e. The molecule has 1 rings (SSSR count). The zero-order valence-electron chi connectivity index (χ0n) is 11.2. The fourth-order valence-corrected chi connectivity index (χ4v) is 1.86. The summed E-state index contributed by atoms with van der Waals surface area (Å²) in [5.41, 5.74) is 2.35. The summed E-state index contributed by atoms with van der Waals surface area (Å²) in [6.07, 6.45) is 0.362. The number of nitriles is 1. The van der Waals surface area contributed by atoms with Crippen molar-refractivity contribution in [3.8, 4) is 6.07 Å². The first kappa shape index (κ1) is 14.5. The number of benzene rings is 1. The number of anilines is 1. The van der Waals surface area contributed by atoms with Gasteiger partial charge in [0.15, 0.2) is 0 Å². The van der Waals surface area contributed by atoms with Gasteiger partial charge in [-0.15, -0.1) is 0 Å². The van der Waals surface area contributed by atoms with E-state index < -0.39 is 6.10 Å². The van der Waals surface area contributed by atoms with Crippen LogP contribution in [0.25, 0.3) is 0 Å². The number of aliphatic hydroxyl groups excluding tert-OH is 1. The molecule has 0 unspecified atom stereocenters. The molecule has 0 bridgehead atoms. The van der Waals surface area contributed by atoms with E-state index in [4.69, 9.17) is 10.00 Å². The third-order valence-electron chi connectivity index (χ3n) is 2.86. The summed E-state index contributed by atoms with van der Waals surface area (Å²) >= 11 is 0. The van der Waals surface area contributed by atoms with Gasteiger partial charge in [-0.3, -0.25) is 0 Å². The van der Waals surface area contributed by atoms with E-state index >= 15 is 0 Å². The number of hydrogen-bond acceptors (Lipinski definition) is 4. The molecule has 4 heteroatoms. The first-order valence-electron chi connectivity index (χ1n) is 6.02. The molecule has 0 saturated heterocycles. The van der Waals surface area contributed by atoms with Crippen molar-refractivity contribution in [3.63, 3.8) is 0 Å². The lowest BCUT2D eigenvalue weighted by Crippen LogP contribution is -2.21. The predicted octanol–water partition coefficient (Wildman–Crippen LogP) is 2.08. The van der Waals surface area contributed by atoms with Crippen molar-refractivity contribution in [2.45, 2.75) is 19.4 Å². The third-order valence-corrected chi connectivity index (χ3v) is 2.86. The quantitative estimate of drug-likeness (QED) is 0.783. The normalized spacial score (nSPS) is 11.9. The molecule has 1 atom stereocenters. The van der Waals surface area contributed by atoms with E-state index in [9.17, 15) is 5.11 Å². The van der Waals surface area contributed by atoms with Crippen molar-refractivity contribution in [1.29, 1.82) is 5.26 Å². The molecule has 1 aromatic rings. The van der Waals surface area contributed by atoms with Crippen molar-refractivity contribution < 1.29 is 9.84 Å². The highest BCUT2D eigenvalue weighted by atomic mass is 16.5. The van der Waals surface area contributed by atoms with E-state index in [1.54, 1.807) is 20.1 Å². The van der Waals surface area contributed by atoms with Gasteiger partial charge >= 0.3 is 0 Å². The summed E-state index contributed by atoms with van der Waals surface area (Å²) in [5.74, 6) is 0. The number of aliphatic hydroxyl groups is 1. The lowest BCUT2D eigenvalue weighted by molar-refractivity contribution is 0.195. The fraction of sp³-hybridized carbons (Fsp3) is 0.500. The monoisotopic (exact) mass is 248 g/mol. The largest absolute Gasteiger partial charge is 0.389 e. The molecule has 0 heterocycles. The lowest BCUT2D eigenvalue weighted by atomic mass is 10.0. The topological polar surface area (TPSA) is 56.5 Å². The van der Waals surface area contributed by atoms with Crippen LogP contribution in [-0.2, 0) is 4.74 Å². The Labute approximate surface area is 108 Å². The minimum absolute atomic E-state index is 0.544. The first-order chi connectivity index (χ1) is 8.60. The molecule has 1 aromatic carbocycles. The maximum Gasteiger partial charge on any atom is 0.0992 e. The molecule has 1 N–H and O–H groups in total. The Morgan fingerprint density at radius 2 is 2.22 bits per heavy atom. The molecule has 0 aliphatic carbocycles. The van der Waals surface area contributed by atoms with Crippen LogP contribution in [0.15, 0.2) is 18.2 Å². The Hall–Kier alpha value is -1.57. The van der Waals surface area contributed by atoms with Crippen LogP contribution in [0, 0.1) is 11.3 Å². The number of hydrogen-bond donors (Lipinski definition) is 1. The van der Waals surface area contributed by atoms with Gasteiger partial charge in [-0.1, -0.05) is 6.07 Å². The van der Waals surface area contributed by atoms with E-state index in [1.165, 1.54) is 0 Å². The highest BCUT2D eigenvalue weighted by Crippen LogP contribution is 2.26. The van der Waals surface area contributed by atoms with Crippen LogP contribution in [0.5, 0.6) is 0 Å². The second-order valence-electron chi connectivity index (χ2n) is 4.33. The molecule has 0 aliphatic heterocycles. The molecular weight excluding hydrogens is 228 g/mol. The van der Waals surface area contributed by atoms with Gasteiger partial charge in [0, 0.05) is 38.6 Å². The van der Waals surface area contributed by atoms with Gasteiger partial charge in [0.1, 0.15) is 0 Å². The Bertz CT molecular complexity index is 424. The summed E-state index contributed by atoms with van der Waals surface area (Å²) in [7, 11) is 3.63. The predicted molar refractivity (Wildman–Crippen MR) is 71.6 cm³/mol. The van der Waals surface area contributed by atoms with E-state index in [-0.39, 0.29) is 0 Å². The molecule has 0 saturated carbocycles. The van der Waals surface area contributed by atoms with Gasteiger partial charge < -0.3 is 14.7 Å². The Morgan fingerprint density at radius 1 is 1.50 bits per heavy atom. The van der Waals surface area contributed by atoms with Gasteiger partial charge in [0.25, 0.3) is 0 Å². The molecule has 18 heavy (non-hydrogen) atoms. The van der Waals surface area contributed by atoms with Gasteiger partial charge in [0.05, 0.1) is 17.7 Å². The van der Waals surface area contributed by atoms with E-state index in [0.29, 0.717) is 12.2 Å². The SMILES string of the molecule is COCCCN(C)c1cc(C#N)ccc1[C@@H](C)O. The summed E-state index contributed by atoms with van der Waals surface area (Å²) in [5, 5.41) is 18.7. The molecule has 0 amide bonds. The maximum absolute atomic E-state index is 9.75. The zero-order valence-corrected chi connectivity index (χ0v) is 11.2. The first-order valence-corrected chi connectivity index (χ1v) is 6.02. The average molecular weight is 248 g/mol. The van der Waals surface area contributed by atoms with Crippen LogP contribution in [0.1, 0.15) is 30.6 Å². The number of methoxy groups -OCH3 is 1. The van der Waals surface area contributed by atoms with Gasteiger partial charge in [-0.25, -0.2) is 0 Å². The van der Waals surface area contributed by atoms with E-state index in [0.717, 1.165) is 24.2 Å². The maximum atomic E-state index is 9.75. The van der Waals surface area contributed by atoms with Crippen molar-refractivity contribution in [3.05, 3.63) is 29.3 Å². The molecule has 0 spiro atoms.